The first-order valence-electron chi connectivity index (χ1n) is 9.55. The lowest BCUT2D eigenvalue weighted by atomic mass is 10.1. The summed E-state index contributed by atoms with van der Waals surface area (Å²) in [5.41, 5.74) is 2.56. The summed E-state index contributed by atoms with van der Waals surface area (Å²) in [4.78, 5) is 6.71. The summed E-state index contributed by atoms with van der Waals surface area (Å²) in [6.07, 6.45) is 2.28. The van der Waals surface area contributed by atoms with Gasteiger partial charge in [0.1, 0.15) is 5.76 Å². The van der Waals surface area contributed by atoms with Crippen molar-refractivity contribution < 1.29 is 9.15 Å². The minimum atomic E-state index is 0. The zero-order valence-corrected chi connectivity index (χ0v) is 19.2. The molecule has 0 bridgehead atoms. The fourth-order valence-corrected chi connectivity index (χ4v) is 3.42. The normalized spacial score (nSPS) is 20.5. The molecule has 2 unspecified atom stereocenters. The van der Waals surface area contributed by atoms with Crippen LogP contribution < -0.4 is 10.6 Å². The second-order valence-corrected chi connectivity index (χ2v) is 7.13. The largest absolute Gasteiger partial charge is 0.467 e. The van der Waals surface area contributed by atoms with Gasteiger partial charge in [-0.1, -0.05) is 24.3 Å². The molecular formula is C21H31IN4O2. The average molecular weight is 498 g/mol. The number of guanidine groups is 1. The molecule has 1 aromatic carbocycles. The molecule has 0 aliphatic carbocycles. The molecule has 154 valence electrons. The smallest absolute Gasteiger partial charge is 0.191 e. The summed E-state index contributed by atoms with van der Waals surface area (Å²) in [6.45, 7) is 8.58. The minimum absolute atomic E-state index is 0. The van der Waals surface area contributed by atoms with Crippen molar-refractivity contribution in [2.24, 2.45) is 4.99 Å². The summed E-state index contributed by atoms with van der Waals surface area (Å²) in [5, 5.41) is 6.57. The molecule has 0 spiro atoms. The number of ether oxygens (including phenoxy) is 1. The Morgan fingerprint density at radius 3 is 2.29 bits per heavy atom. The molecule has 0 saturated carbocycles. The van der Waals surface area contributed by atoms with Gasteiger partial charge in [-0.3, -0.25) is 9.89 Å². The van der Waals surface area contributed by atoms with Gasteiger partial charge in [-0.2, -0.15) is 0 Å². The number of aliphatic imine (C=N–C) groups is 1. The van der Waals surface area contributed by atoms with Gasteiger partial charge in [0.15, 0.2) is 5.96 Å². The van der Waals surface area contributed by atoms with Crippen molar-refractivity contribution >= 4 is 29.9 Å². The van der Waals surface area contributed by atoms with Crippen molar-refractivity contribution in [2.75, 3.05) is 20.1 Å². The monoisotopic (exact) mass is 498 g/mol. The molecule has 2 heterocycles. The van der Waals surface area contributed by atoms with Crippen LogP contribution in [-0.2, 0) is 24.4 Å². The molecule has 1 aromatic heterocycles. The van der Waals surface area contributed by atoms with E-state index >= 15 is 0 Å². The first kappa shape index (κ1) is 22.7. The van der Waals surface area contributed by atoms with Crippen LogP contribution >= 0.6 is 24.0 Å². The summed E-state index contributed by atoms with van der Waals surface area (Å²) < 4.78 is 11.1. The summed E-state index contributed by atoms with van der Waals surface area (Å²) in [6, 6.07) is 12.6. The lowest BCUT2D eigenvalue weighted by Crippen LogP contribution is -2.44. The maximum absolute atomic E-state index is 5.81. The first-order valence-corrected chi connectivity index (χ1v) is 9.55. The van der Waals surface area contributed by atoms with Gasteiger partial charge in [-0.15, -0.1) is 24.0 Å². The highest BCUT2D eigenvalue weighted by molar-refractivity contribution is 14.0. The van der Waals surface area contributed by atoms with Crippen LogP contribution in [0, 0.1) is 0 Å². The van der Waals surface area contributed by atoms with Crippen molar-refractivity contribution in [3.63, 3.8) is 0 Å². The SMILES string of the molecule is CN=C(NCc1ccc(CN2CC(C)OC(C)C2)cc1)NCc1ccco1.I. The van der Waals surface area contributed by atoms with Crippen LogP contribution in [-0.4, -0.2) is 43.2 Å². The van der Waals surface area contributed by atoms with Gasteiger partial charge in [-0.25, -0.2) is 0 Å². The van der Waals surface area contributed by atoms with E-state index < -0.39 is 0 Å². The standard InChI is InChI=1S/C21H30N4O2.HI/c1-16-13-25(14-17(2)27-16)15-19-8-6-18(7-9-19)11-23-21(22-3)24-12-20-5-4-10-26-20;/h4-10,16-17H,11-15H2,1-3H3,(H2,22,23,24);1H. The third-order valence-electron chi connectivity index (χ3n) is 4.62. The van der Waals surface area contributed by atoms with E-state index in [2.05, 4.69) is 58.6 Å². The molecule has 0 radical (unpaired) electrons. The molecule has 1 aliphatic heterocycles. The van der Waals surface area contributed by atoms with Crippen LogP contribution in [0.15, 0.2) is 52.1 Å². The van der Waals surface area contributed by atoms with Crippen molar-refractivity contribution in [1.82, 2.24) is 15.5 Å². The van der Waals surface area contributed by atoms with Gasteiger partial charge >= 0.3 is 0 Å². The van der Waals surface area contributed by atoms with Crippen LogP contribution in [0.4, 0.5) is 0 Å². The molecule has 2 N–H and O–H groups in total. The Hall–Kier alpha value is -1.58. The Morgan fingerprint density at radius 2 is 1.68 bits per heavy atom. The van der Waals surface area contributed by atoms with Crippen LogP contribution in [0.3, 0.4) is 0 Å². The Bertz CT molecular complexity index is 709. The number of halogens is 1. The second kappa shape index (κ2) is 11.4. The summed E-state index contributed by atoms with van der Waals surface area (Å²) in [5.74, 6) is 1.64. The number of hydrogen-bond donors (Lipinski definition) is 2. The fraction of sp³-hybridized carbons (Fsp3) is 0.476. The molecule has 6 nitrogen and oxygen atoms in total. The molecule has 1 aliphatic rings. The molecule has 1 saturated heterocycles. The maximum atomic E-state index is 5.81. The highest BCUT2D eigenvalue weighted by atomic mass is 127. The van der Waals surface area contributed by atoms with E-state index in [1.807, 2.05) is 12.1 Å². The molecule has 3 rings (SSSR count). The van der Waals surface area contributed by atoms with E-state index in [0.29, 0.717) is 18.8 Å². The third-order valence-corrected chi connectivity index (χ3v) is 4.62. The Kier molecular flexibility index (Phi) is 9.27. The predicted molar refractivity (Wildman–Crippen MR) is 123 cm³/mol. The van der Waals surface area contributed by atoms with Gasteiger partial charge < -0.3 is 19.8 Å². The van der Waals surface area contributed by atoms with E-state index in [1.54, 1.807) is 13.3 Å². The maximum Gasteiger partial charge on any atom is 0.191 e. The van der Waals surface area contributed by atoms with Crippen LogP contribution in [0.25, 0.3) is 0 Å². The predicted octanol–water partition coefficient (Wildman–Crippen LogP) is 3.37. The van der Waals surface area contributed by atoms with E-state index in [9.17, 15) is 0 Å². The van der Waals surface area contributed by atoms with E-state index in [-0.39, 0.29) is 24.0 Å². The van der Waals surface area contributed by atoms with Crippen molar-refractivity contribution in [3.05, 3.63) is 59.5 Å². The van der Waals surface area contributed by atoms with E-state index in [4.69, 9.17) is 9.15 Å². The van der Waals surface area contributed by atoms with Gasteiger partial charge in [0.05, 0.1) is 25.0 Å². The van der Waals surface area contributed by atoms with Crippen molar-refractivity contribution in [3.8, 4) is 0 Å². The lowest BCUT2D eigenvalue weighted by Gasteiger charge is -2.35. The first-order chi connectivity index (χ1) is 13.1. The Balaban J connectivity index is 0.00000280. The number of rotatable bonds is 6. The number of nitrogens with zero attached hydrogens (tertiary/aromatic N) is 2. The molecule has 2 atom stereocenters. The number of nitrogens with one attached hydrogen (secondary N) is 2. The fourth-order valence-electron chi connectivity index (χ4n) is 3.42. The second-order valence-electron chi connectivity index (χ2n) is 7.13. The van der Waals surface area contributed by atoms with Gasteiger partial charge in [0.2, 0.25) is 0 Å². The third kappa shape index (κ3) is 7.10. The molecule has 2 aromatic rings. The molecular weight excluding hydrogens is 467 g/mol. The minimum Gasteiger partial charge on any atom is -0.467 e. The molecule has 1 fully saturated rings. The topological polar surface area (TPSA) is 62.0 Å². The van der Waals surface area contributed by atoms with Gasteiger partial charge in [-0.05, 0) is 37.1 Å². The van der Waals surface area contributed by atoms with E-state index in [1.165, 1.54) is 11.1 Å². The number of morpholine rings is 1. The van der Waals surface area contributed by atoms with Crippen LogP contribution in [0.1, 0.15) is 30.7 Å². The number of furan rings is 1. The zero-order chi connectivity index (χ0) is 19.1. The lowest BCUT2D eigenvalue weighted by molar-refractivity contribution is -0.0704. The highest BCUT2D eigenvalue weighted by Gasteiger charge is 2.21. The van der Waals surface area contributed by atoms with Crippen LogP contribution in [0.5, 0.6) is 0 Å². The van der Waals surface area contributed by atoms with E-state index in [0.717, 1.165) is 37.9 Å². The number of hydrogen-bond acceptors (Lipinski definition) is 4. The Labute approximate surface area is 184 Å². The summed E-state index contributed by atoms with van der Waals surface area (Å²) >= 11 is 0. The molecule has 28 heavy (non-hydrogen) atoms. The molecule has 0 amide bonds. The quantitative estimate of drug-likeness (QED) is 0.364. The van der Waals surface area contributed by atoms with Crippen molar-refractivity contribution in [1.29, 1.82) is 0 Å². The zero-order valence-electron chi connectivity index (χ0n) is 16.9. The summed E-state index contributed by atoms with van der Waals surface area (Å²) in [7, 11) is 1.77. The molecule has 7 heteroatoms. The Morgan fingerprint density at radius 1 is 1.04 bits per heavy atom. The number of benzene rings is 1. The highest BCUT2D eigenvalue weighted by Crippen LogP contribution is 2.14. The van der Waals surface area contributed by atoms with Gasteiger partial charge in [0.25, 0.3) is 0 Å². The van der Waals surface area contributed by atoms with Crippen molar-refractivity contribution in [2.45, 2.75) is 45.7 Å². The average Bonchev–Trinajstić information content (AvgIpc) is 3.16. The van der Waals surface area contributed by atoms with Gasteiger partial charge in [0, 0.05) is 33.2 Å². The van der Waals surface area contributed by atoms with Crippen LogP contribution in [0.2, 0.25) is 0 Å².